The highest BCUT2D eigenvalue weighted by atomic mass is 16.5. The molecule has 0 atom stereocenters. The first kappa shape index (κ1) is 18.4. The highest BCUT2D eigenvalue weighted by Crippen LogP contribution is 2.33. The van der Waals surface area contributed by atoms with Crippen molar-refractivity contribution in [1.82, 2.24) is 4.90 Å². The van der Waals surface area contributed by atoms with Crippen molar-refractivity contribution in [2.24, 2.45) is 11.7 Å². The van der Waals surface area contributed by atoms with E-state index in [0.29, 0.717) is 56.6 Å². The number of anilines is 1. The molecular weight excluding hydrogens is 334 g/mol. The molecular formula is C19H25N3O4. The Balaban J connectivity index is 1.54. The van der Waals surface area contributed by atoms with Gasteiger partial charge in [0.15, 0.2) is 0 Å². The molecule has 2 amide bonds. The van der Waals surface area contributed by atoms with Crippen molar-refractivity contribution < 1.29 is 19.1 Å². The third kappa shape index (κ3) is 4.04. The highest BCUT2D eigenvalue weighted by Gasteiger charge is 2.45. The van der Waals surface area contributed by atoms with E-state index < -0.39 is 5.54 Å². The predicted molar refractivity (Wildman–Crippen MR) is 96.5 cm³/mol. The number of rotatable bonds is 5. The van der Waals surface area contributed by atoms with Crippen LogP contribution in [-0.2, 0) is 14.3 Å². The molecule has 1 heterocycles. The summed E-state index contributed by atoms with van der Waals surface area (Å²) < 4.78 is 5.05. The molecule has 0 bridgehead atoms. The molecule has 1 aliphatic heterocycles. The predicted octanol–water partition coefficient (Wildman–Crippen LogP) is 1.53. The van der Waals surface area contributed by atoms with Crippen LogP contribution in [-0.4, -0.2) is 47.9 Å². The van der Waals surface area contributed by atoms with Crippen molar-refractivity contribution in [2.45, 2.75) is 38.1 Å². The van der Waals surface area contributed by atoms with E-state index in [0.717, 1.165) is 0 Å². The van der Waals surface area contributed by atoms with E-state index in [-0.39, 0.29) is 23.7 Å². The molecule has 7 nitrogen and oxygen atoms in total. The van der Waals surface area contributed by atoms with Crippen molar-refractivity contribution in [3.05, 3.63) is 29.8 Å². The number of amides is 2. The number of nitrogens with two attached hydrogens (primary N) is 1. The normalized spacial score (nSPS) is 18.9. The number of carbonyl (C=O) groups excluding carboxylic acids is 3. The smallest absolute Gasteiger partial charge is 0.309 e. The Labute approximate surface area is 152 Å². The number of likely N-dealkylation sites (tertiary alicyclic amines) is 1. The second-order valence-electron chi connectivity index (χ2n) is 7.01. The summed E-state index contributed by atoms with van der Waals surface area (Å²) in [6.07, 6.45) is 2.66. The van der Waals surface area contributed by atoms with Gasteiger partial charge in [0.25, 0.3) is 5.91 Å². The van der Waals surface area contributed by atoms with Crippen LogP contribution in [0, 0.1) is 5.92 Å². The van der Waals surface area contributed by atoms with Gasteiger partial charge in [-0.25, -0.2) is 0 Å². The number of nitrogens with zero attached hydrogens (tertiary/aromatic N) is 1. The molecule has 2 aliphatic rings. The van der Waals surface area contributed by atoms with E-state index in [1.807, 2.05) is 0 Å². The summed E-state index contributed by atoms with van der Waals surface area (Å²) in [6, 6.07) is 6.82. The standard InChI is InChI=1S/C19H25N3O4/c1-2-26-17(24)14-7-11-22(12-8-14)16(23)13-3-5-15(6-4-13)21-18(25)19(20)9-10-19/h3-6,14H,2,7-12,20H2,1H3,(H,21,25). The Bertz CT molecular complexity index is 689. The second-order valence-corrected chi connectivity index (χ2v) is 7.01. The minimum Gasteiger partial charge on any atom is -0.466 e. The minimum atomic E-state index is -0.724. The molecule has 0 spiro atoms. The van der Waals surface area contributed by atoms with Crippen LogP contribution in [0.1, 0.15) is 43.0 Å². The first-order valence-corrected chi connectivity index (χ1v) is 9.09. The third-order valence-corrected chi connectivity index (χ3v) is 5.03. The van der Waals surface area contributed by atoms with Crippen molar-refractivity contribution in [3.63, 3.8) is 0 Å². The first-order valence-electron chi connectivity index (χ1n) is 9.09. The summed E-state index contributed by atoms with van der Waals surface area (Å²) in [5.41, 5.74) is 6.33. The van der Waals surface area contributed by atoms with Gasteiger partial charge >= 0.3 is 5.97 Å². The lowest BCUT2D eigenvalue weighted by Gasteiger charge is -2.31. The van der Waals surface area contributed by atoms with Crippen LogP contribution in [0.25, 0.3) is 0 Å². The zero-order chi connectivity index (χ0) is 18.7. The van der Waals surface area contributed by atoms with Crippen LogP contribution in [0.5, 0.6) is 0 Å². The van der Waals surface area contributed by atoms with Gasteiger partial charge in [-0.05, 0) is 56.9 Å². The highest BCUT2D eigenvalue weighted by molar-refractivity contribution is 6.00. The van der Waals surface area contributed by atoms with E-state index in [9.17, 15) is 14.4 Å². The second kappa shape index (κ2) is 7.45. The number of piperidine rings is 1. The summed E-state index contributed by atoms with van der Waals surface area (Å²) in [6.45, 7) is 3.25. The number of hydrogen-bond acceptors (Lipinski definition) is 5. The van der Waals surface area contributed by atoms with Crippen LogP contribution < -0.4 is 11.1 Å². The lowest BCUT2D eigenvalue weighted by atomic mass is 9.96. The molecule has 0 radical (unpaired) electrons. The zero-order valence-corrected chi connectivity index (χ0v) is 15.0. The molecule has 1 aromatic carbocycles. The van der Waals surface area contributed by atoms with Gasteiger partial charge in [0.1, 0.15) is 0 Å². The lowest BCUT2D eigenvalue weighted by Crippen LogP contribution is -2.40. The van der Waals surface area contributed by atoms with Gasteiger partial charge < -0.3 is 20.7 Å². The maximum atomic E-state index is 12.6. The van der Waals surface area contributed by atoms with Crippen LogP contribution in [0.4, 0.5) is 5.69 Å². The maximum Gasteiger partial charge on any atom is 0.309 e. The fraction of sp³-hybridized carbons (Fsp3) is 0.526. The van der Waals surface area contributed by atoms with Crippen molar-refractivity contribution >= 4 is 23.5 Å². The van der Waals surface area contributed by atoms with E-state index in [4.69, 9.17) is 10.5 Å². The summed E-state index contributed by atoms with van der Waals surface area (Å²) >= 11 is 0. The van der Waals surface area contributed by atoms with Crippen LogP contribution >= 0.6 is 0 Å². The van der Waals surface area contributed by atoms with Gasteiger partial charge in [-0.1, -0.05) is 0 Å². The van der Waals surface area contributed by atoms with Gasteiger partial charge in [-0.3, -0.25) is 14.4 Å². The largest absolute Gasteiger partial charge is 0.466 e. The minimum absolute atomic E-state index is 0.0670. The fourth-order valence-corrected chi connectivity index (χ4v) is 3.07. The molecule has 0 unspecified atom stereocenters. The SMILES string of the molecule is CCOC(=O)C1CCN(C(=O)c2ccc(NC(=O)C3(N)CC3)cc2)CC1. The Morgan fingerprint density at radius 1 is 1.19 bits per heavy atom. The fourth-order valence-electron chi connectivity index (χ4n) is 3.07. The molecule has 1 aliphatic carbocycles. The lowest BCUT2D eigenvalue weighted by molar-refractivity contribution is -0.149. The monoisotopic (exact) mass is 359 g/mol. The molecule has 140 valence electrons. The van der Waals surface area contributed by atoms with Crippen molar-refractivity contribution in [3.8, 4) is 0 Å². The first-order chi connectivity index (χ1) is 12.4. The van der Waals surface area contributed by atoms with Crippen LogP contribution in [0.15, 0.2) is 24.3 Å². The van der Waals surface area contributed by atoms with Crippen molar-refractivity contribution in [2.75, 3.05) is 25.0 Å². The number of esters is 1. The Hall–Kier alpha value is -2.41. The number of ether oxygens (including phenoxy) is 1. The van der Waals surface area contributed by atoms with Crippen molar-refractivity contribution in [1.29, 1.82) is 0 Å². The molecule has 1 aromatic rings. The zero-order valence-electron chi connectivity index (χ0n) is 15.0. The topological polar surface area (TPSA) is 102 Å². The summed E-state index contributed by atoms with van der Waals surface area (Å²) in [5.74, 6) is -0.545. The van der Waals surface area contributed by atoms with E-state index in [2.05, 4.69) is 5.32 Å². The van der Waals surface area contributed by atoms with E-state index in [1.54, 1.807) is 36.1 Å². The van der Waals surface area contributed by atoms with E-state index >= 15 is 0 Å². The quantitative estimate of drug-likeness (QED) is 0.777. The molecule has 2 fully saturated rings. The van der Waals surface area contributed by atoms with Gasteiger partial charge in [-0.15, -0.1) is 0 Å². The Morgan fingerprint density at radius 3 is 2.35 bits per heavy atom. The number of carbonyl (C=O) groups is 3. The molecule has 7 heteroatoms. The number of benzene rings is 1. The number of hydrogen-bond donors (Lipinski definition) is 2. The third-order valence-electron chi connectivity index (χ3n) is 5.03. The maximum absolute atomic E-state index is 12.6. The summed E-state index contributed by atoms with van der Waals surface area (Å²) in [7, 11) is 0. The van der Waals surface area contributed by atoms with Gasteiger partial charge in [0.2, 0.25) is 5.91 Å². The average molecular weight is 359 g/mol. The number of nitrogens with one attached hydrogen (secondary N) is 1. The Morgan fingerprint density at radius 2 is 1.81 bits per heavy atom. The van der Waals surface area contributed by atoms with Gasteiger partial charge in [0, 0.05) is 24.3 Å². The van der Waals surface area contributed by atoms with Gasteiger partial charge in [0.05, 0.1) is 18.1 Å². The molecule has 3 N–H and O–H groups in total. The van der Waals surface area contributed by atoms with Crippen LogP contribution in [0.3, 0.4) is 0 Å². The van der Waals surface area contributed by atoms with Gasteiger partial charge in [-0.2, -0.15) is 0 Å². The Kier molecular flexibility index (Phi) is 5.27. The summed E-state index contributed by atoms with van der Waals surface area (Å²) in [5, 5.41) is 2.78. The van der Waals surface area contributed by atoms with Crippen LogP contribution in [0.2, 0.25) is 0 Å². The molecule has 1 saturated heterocycles. The molecule has 0 aromatic heterocycles. The molecule has 26 heavy (non-hydrogen) atoms. The average Bonchev–Trinajstić information content (AvgIpc) is 3.41. The van der Waals surface area contributed by atoms with E-state index in [1.165, 1.54) is 0 Å². The molecule has 1 saturated carbocycles. The molecule has 3 rings (SSSR count). The summed E-state index contributed by atoms with van der Waals surface area (Å²) in [4.78, 5) is 38.1.